The quantitative estimate of drug-likeness (QED) is 0.162. The van der Waals surface area contributed by atoms with E-state index in [1.165, 1.54) is 18.6 Å². The number of esters is 2. The number of hydrogen-bond acceptors (Lipinski definition) is 6. The van der Waals surface area contributed by atoms with Crippen molar-refractivity contribution in [2.75, 3.05) is 0 Å². The highest BCUT2D eigenvalue weighted by molar-refractivity contribution is 5.82. The van der Waals surface area contributed by atoms with Crippen LogP contribution in [0.2, 0.25) is 0 Å². The largest absolute Gasteiger partial charge is 0.462 e. The van der Waals surface area contributed by atoms with Crippen LogP contribution in [-0.4, -0.2) is 11.9 Å². The Kier molecular flexibility index (Phi) is 10.5. The summed E-state index contributed by atoms with van der Waals surface area (Å²) < 4.78 is 34.9. The Morgan fingerprint density at radius 3 is 2.00 bits per heavy atom. The van der Waals surface area contributed by atoms with Crippen molar-refractivity contribution in [1.29, 1.82) is 0 Å². The van der Waals surface area contributed by atoms with Crippen LogP contribution in [0.5, 0.6) is 11.5 Å². The topological polar surface area (TPSA) is 71.1 Å². The van der Waals surface area contributed by atoms with Crippen LogP contribution in [0.1, 0.15) is 22.3 Å². The molecule has 0 radical (unpaired) electrons. The smallest absolute Gasteiger partial charge is 0.335 e. The summed E-state index contributed by atoms with van der Waals surface area (Å²) in [5.41, 5.74) is 1.79. The summed E-state index contributed by atoms with van der Waals surface area (Å²) in [6, 6.07) is 18.3. The molecule has 0 fully saturated rings. The molecule has 0 aliphatic heterocycles. The van der Waals surface area contributed by atoms with Gasteiger partial charge in [-0.05, 0) is 48.5 Å². The van der Waals surface area contributed by atoms with E-state index in [0.29, 0.717) is 28.2 Å². The van der Waals surface area contributed by atoms with Gasteiger partial charge in [0.1, 0.15) is 42.4 Å². The van der Waals surface area contributed by atoms with Crippen molar-refractivity contribution < 1.29 is 32.9 Å². The van der Waals surface area contributed by atoms with E-state index in [1.54, 1.807) is 60.7 Å². The zero-order valence-electron chi connectivity index (χ0n) is 20.6. The molecule has 3 aromatic rings. The molecule has 6 nitrogen and oxygen atoms in total. The lowest BCUT2D eigenvalue weighted by molar-refractivity contribution is -0.133. The molecule has 3 aromatic carbocycles. The highest BCUT2D eigenvalue weighted by atomic mass is 19.1. The van der Waals surface area contributed by atoms with Gasteiger partial charge in [0.25, 0.3) is 0 Å². The van der Waals surface area contributed by atoms with Gasteiger partial charge in [0.15, 0.2) is 0 Å². The standard InChI is InChI=1S/C32H21FO6/c1-3-31(34)38-20-18-36-28-10-7-8-24(22-28)12-15-26-16-13-25(23-29(26)33)14-17-27-9-5-6-11-30(27)37-19-21-39-32(35)4-2/h3-11,13,16,18-23H,1-2H2. The lowest BCUT2D eigenvalue weighted by Gasteiger charge is -2.02. The third-order valence-electron chi connectivity index (χ3n) is 4.59. The van der Waals surface area contributed by atoms with Crippen LogP contribution in [0.3, 0.4) is 0 Å². The van der Waals surface area contributed by atoms with E-state index in [9.17, 15) is 14.0 Å². The number of benzene rings is 3. The molecule has 0 saturated heterocycles. The Morgan fingerprint density at radius 2 is 1.31 bits per heavy atom. The average molecular weight is 521 g/mol. The maximum atomic E-state index is 14.7. The highest BCUT2D eigenvalue weighted by Gasteiger charge is 2.02. The molecule has 0 bridgehead atoms. The van der Waals surface area contributed by atoms with E-state index < -0.39 is 17.8 Å². The van der Waals surface area contributed by atoms with Gasteiger partial charge >= 0.3 is 11.9 Å². The van der Waals surface area contributed by atoms with Gasteiger partial charge < -0.3 is 18.9 Å². The first-order valence-corrected chi connectivity index (χ1v) is 11.3. The first-order chi connectivity index (χ1) is 19.0. The number of ether oxygens (including phenoxy) is 4. The van der Waals surface area contributed by atoms with Gasteiger partial charge in [-0.1, -0.05) is 55.0 Å². The Balaban J connectivity index is 1.68. The summed E-state index contributed by atoms with van der Waals surface area (Å²) in [5, 5.41) is 0. The van der Waals surface area contributed by atoms with Crippen molar-refractivity contribution in [1.82, 2.24) is 0 Å². The van der Waals surface area contributed by atoms with Crippen LogP contribution in [0, 0.1) is 29.5 Å². The van der Waals surface area contributed by atoms with Crippen molar-refractivity contribution in [2.45, 2.75) is 0 Å². The number of halogens is 1. The molecule has 0 aliphatic carbocycles. The number of para-hydroxylation sites is 1. The van der Waals surface area contributed by atoms with Gasteiger partial charge in [-0.2, -0.15) is 0 Å². The minimum Gasteiger partial charge on any atom is -0.462 e. The lowest BCUT2D eigenvalue weighted by atomic mass is 10.1. The van der Waals surface area contributed by atoms with Gasteiger partial charge in [0, 0.05) is 23.3 Å². The Labute approximate surface area is 225 Å². The molecule has 0 unspecified atom stereocenters. The third-order valence-corrected chi connectivity index (χ3v) is 4.59. The fourth-order valence-corrected chi connectivity index (χ4v) is 2.79. The van der Waals surface area contributed by atoms with E-state index >= 15 is 0 Å². The van der Waals surface area contributed by atoms with Gasteiger partial charge in [0.05, 0.1) is 11.1 Å². The maximum Gasteiger partial charge on any atom is 0.335 e. The lowest BCUT2D eigenvalue weighted by Crippen LogP contribution is -1.93. The zero-order chi connectivity index (χ0) is 27.9. The van der Waals surface area contributed by atoms with Crippen molar-refractivity contribution in [3.63, 3.8) is 0 Å². The zero-order valence-corrected chi connectivity index (χ0v) is 20.6. The Bertz CT molecular complexity index is 1560. The molecular weight excluding hydrogens is 499 g/mol. The summed E-state index contributed by atoms with van der Waals surface area (Å²) in [4.78, 5) is 22.1. The average Bonchev–Trinajstić information content (AvgIpc) is 2.96. The normalized spacial score (nSPS) is 9.97. The van der Waals surface area contributed by atoms with Gasteiger partial charge in [-0.25, -0.2) is 14.0 Å². The molecule has 3 rings (SSSR count). The fourth-order valence-electron chi connectivity index (χ4n) is 2.79. The molecule has 39 heavy (non-hydrogen) atoms. The van der Waals surface area contributed by atoms with E-state index in [1.807, 2.05) is 0 Å². The second-order valence-corrected chi connectivity index (χ2v) is 7.28. The highest BCUT2D eigenvalue weighted by Crippen LogP contribution is 2.18. The van der Waals surface area contributed by atoms with Crippen LogP contribution in [0.4, 0.5) is 4.39 Å². The van der Waals surface area contributed by atoms with E-state index in [-0.39, 0.29) is 5.56 Å². The van der Waals surface area contributed by atoms with Gasteiger partial charge in [-0.3, -0.25) is 0 Å². The molecular formula is C32H21FO6. The summed E-state index contributed by atoms with van der Waals surface area (Å²) in [5.74, 6) is 10.7. The number of carbonyl (C=O) groups excluding carboxylic acids is 2. The first-order valence-electron chi connectivity index (χ1n) is 11.3. The monoisotopic (exact) mass is 520 g/mol. The van der Waals surface area contributed by atoms with Gasteiger partial charge in [0.2, 0.25) is 0 Å². The van der Waals surface area contributed by atoms with Crippen molar-refractivity contribution >= 4 is 11.9 Å². The molecule has 0 saturated carbocycles. The maximum absolute atomic E-state index is 14.7. The minimum absolute atomic E-state index is 0.200. The van der Waals surface area contributed by atoms with E-state index in [2.05, 4.69) is 41.6 Å². The summed E-state index contributed by atoms with van der Waals surface area (Å²) in [6.45, 7) is 6.59. The van der Waals surface area contributed by atoms with E-state index in [4.69, 9.17) is 14.2 Å². The number of carbonyl (C=O) groups is 2. The molecule has 0 heterocycles. The van der Waals surface area contributed by atoms with Crippen molar-refractivity contribution in [3.05, 3.63) is 145 Å². The summed E-state index contributed by atoms with van der Waals surface area (Å²) in [6.07, 6.45) is 6.65. The second kappa shape index (κ2) is 14.7. The van der Waals surface area contributed by atoms with Crippen LogP contribution in [0.25, 0.3) is 0 Å². The third kappa shape index (κ3) is 9.30. The summed E-state index contributed by atoms with van der Waals surface area (Å²) >= 11 is 0. The SMILES string of the molecule is C=CC(=O)OC=COc1cccc(C#Cc2ccc(C#Cc3ccccc3OC=COC(=O)C=C)cc2F)c1. The molecule has 0 aliphatic rings. The first kappa shape index (κ1) is 27.8. The van der Waals surface area contributed by atoms with E-state index in [0.717, 1.165) is 24.7 Å². The predicted molar refractivity (Wildman–Crippen MR) is 143 cm³/mol. The molecule has 0 aromatic heterocycles. The molecule has 0 spiro atoms. The van der Waals surface area contributed by atoms with Crippen LogP contribution < -0.4 is 9.47 Å². The molecule has 192 valence electrons. The van der Waals surface area contributed by atoms with Gasteiger partial charge in [-0.15, -0.1) is 0 Å². The van der Waals surface area contributed by atoms with Crippen molar-refractivity contribution in [2.24, 2.45) is 0 Å². The Hall–Kier alpha value is -5.79. The molecule has 7 heteroatoms. The van der Waals surface area contributed by atoms with Crippen LogP contribution in [0.15, 0.2) is 117 Å². The van der Waals surface area contributed by atoms with Crippen molar-refractivity contribution in [3.8, 4) is 35.2 Å². The number of rotatable bonds is 8. The predicted octanol–water partition coefficient (Wildman–Crippen LogP) is 5.78. The Morgan fingerprint density at radius 1 is 0.667 bits per heavy atom. The fraction of sp³-hybridized carbons (Fsp3) is 0. The molecule has 0 amide bonds. The van der Waals surface area contributed by atoms with Crippen LogP contribution in [-0.2, 0) is 19.1 Å². The number of hydrogen-bond donors (Lipinski definition) is 0. The van der Waals surface area contributed by atoms with Crippen LogP contribution >= 0.6 is 0 Å². The molecule has 0 N–H and O–H groups in total. The summed E-state index contributed by atoms with van der Waals surface area (Å²) in [7, 11) is 0. The minimum atomic E-state index is -0.612. The second-order valence-electron chi connectivity index (χ2n) is 7.28. The molecule has 0 atom stereocenters.